The number of allylic oxidation sites excluding steroid dienone is 1. The molecule has 0 aliphatic carbocycles. The smallest absolute Gasteiger partial charge is 0.278 e. The highest BCUT2D eigenvalue weighted by Crippen LogP contribution is 2.29. The maximum absolute atomic E-state index is 13.3. The number of nitrogens with zero attached hydrogens (tertiary/aromatic N) is 8. The molecule has 1 fully saturated rings. The van der Waals surface area contributed by atoms with Crippen molar-refractivity contribution in [2.24, 2.45) is 0 Å². The lowest BCUT2D eigenvalue weighted by atomic mass is 10.1. The van der Waals surface area contributed by atoms with Crippen LogP contribution < -0.4 is 16.4 Å². The second-order valence-electron chi connectivity index (χ2n) is 10.6. The van der Waals surface area contributed by atoms with Gasteiger partial charge in [0, 0.05) is 41.1 Å². The number of hydrogen-bond donors (Lipinski definition) is 1. The van der Waals surface area contributed by atoms with Crippen molar-refractivity contribution in [1.82, 2.24) is 38.6 Å². The van der Waals surface area contributed by atoms with Gasteiger partial charge in [0.25, 0.3) is 11.1 Å². The lowest BCUT2D eigenvalue weighted by Gasteiger charge is -2.30. The number of likely N-dealkylation sites (tertiary alicyclic amines) is 1. The molecule has 4 aromatic heterocycles. The van der Waals surface area contributed by atoms with Crippen molar-refractivity contribution in [1.29, 1.82) is 0 Å². The summed E-state index contributed by atoms with van der Waals surface area (Å²) in [5.74, 6) is 0.756. The fourth-order valence-electron chi connectivity index (χ4n) is 5.47. The molecular formula is C29H33N9O2. The largest absolute Gasteiger partial charge is 0.344 e. The van der Waals surface area contributed by atoms with Crippen LogP contribution in [0.4, 0.5) is 11.6 Å². The van der Waals surface area contributed by atoms with Gasteiger partial charge < -0.3 is 14.8 Å². The lowest BCUT2D eigenvalue weighted by Crippen LogP contribution is -2.31. The quantitative estimate of drug-likeness (QED) is 0.313. The summed E-state index contributed by atoms with van der Waals surface area (Å²) in [5, 5.41) is 9.32. The molecule has 206 valence electrons. The first-order chi connectivity index (χ1) is 19.3. The summed E-state index contributed by atoms with van der Waals surface area (Å²) in [4.78, 5) is 37.1. The summed E-state index contributed by atoms with van der Waals surface area (Å²) in [6.45, 7) is 10.0. The molecule has 1 aliphatic heterocycles. The molecule has 0 radical (unpaired) electrons. The van der Waals surface area contributed by atoms with Gasteiger partial charge in [-0.3, -0.25) is 9.59 Å². The maximum Gasteiger partial charge on any atom is 0.278 e. The predicted molar refractivity (Wildman–Crippen MR) is 157 cm³/mol. The van der Waals surface area contributed by atoms with Crippen LogP contribution in [0, 0.1) is 0 Å². The van der Waals surface area contributed by atoms with E-state index in [1.54, 1.807) is 16.8 Å². The second kappa shape index (κ2) is 10.2. The molecule has 0 bridgehead atoms. The molecule has 1 saturated heterocycles. The molecule has 1 aromatic carbocycles. The Morgan fingerprint density at radius 1 is 1.12 bits per heavy atom. The van der Waals surface area contributed by atoms with Gasteiger partial charge in [0.15, 0.2) is 11.5 Å². The third-order valence-corrected chi connectivity index (χ3v) is 7.55. The lowest BCUT2D eigenvalue weighted by molar-refractivity contribution is 0.224. The van der Waals surface area contributed by atoms with Crippen LogP contribution in [0.3, 0.4) is 0 Å². The van der Waals surface area contributed by atoms with E-state index >= 15 is 0 Å². The Morgan fingerprint density at radius 3 is 2.67 bits per heavy atom. The Balaban J connectivity index is 1.38. The Kier molecular flexibility index (Phi) is 6.59. The molecular weight excluding hydrogens is 506 g/mol. The normalized spacial score (nSPS) is 14.9. The van der Waals surface area contributed by atoms with Crippen LogP contribution in [0.1, 0.15) is 38.8 Å². The van der Waals surface area contributed by atoms with Crippen molar-refractivity contribution in [2.45, 2.75) is 45.3 Å². The molecule has 11 heteroatoms. The maximum atomic E-state index is 13.3. The van der Waals surface area contributed by atoms with Crippen molar-refractivity contribution < 1.29 is 0 Å². The topological polar surface area (TPSA) is 108 Å². The van der Waals surface area contributed by atoms with Crippen LogP contribution >= 0.6 is 0 Å². The van der Waals surface area contributed by atoms with Crippen LogP contribution in [-0.4, -0.2) is 58.7 Å². The van der Waals surface area contributed by atoms with Crippen LogP contribution in [0.5, 0.6) is 0 Å². The first kappa shape index (κ1) is 25.8. The van der Waals surface area contributed by atoms with E-state index in [9.17, 15) is 9.59 Å². The third-order valence-electron chi connectivity index (χ3n) is 7.55. The summed E-state index contributed by atoms with van der Waals surface area (Å²) in [6, 6.07) is 11.8. The number of hydrogen-bond acceptors (Lipinski definition) is 7. The SMILES string of the molecule is C=CCn1c(=O)c2cnc(Nc3ccc4c(ccn4C4CCN(C)CC4)c3)nc2n1-c1ccc(=O)n(C(C)C)n1. The van der Waals surface area contributed by atoms with Crippen molar-refractivity contribution in [3.8, 4) is 5.82 Å². The first-order valence-corrected chi connectivity index (χ1v) is 13.6. The van der Waals surface area contributed by atoms with Gasteiger partial charge in [-0.1, -0.05) is 6.08 Å². The molecule has 5 heterocycles. The summed E-state index contributed by atoms with van der Waals surface area (Å²) in [5.41, 5.74) is 1.96. The number of nitrogens with one attached hydrogen (secondary N) is 1. The molecule has 11 nitrogen and oxygen atoms in total. The predicted octanol–water partition coefficient (Wildman–Crippen LogP) is 3.87. The first-order valence-electron chi connectivity index (χ1n) is 13.6. The molecule has 6 rings (SSSR count). The summed E-state index contributed by atoms with van der Waals surface area (Å²) in [7, 11) is 2.18. The minimum Gasteiger partial charge on any atom is -0.344 e. The third kappa shape index (κ3) is 4.51. The minimum absolute atomic E-state index is 0.148. The number of piperidine rings is 1. The monoisotopic (exact) mass is 539 g/mol. The van der Waals surface area contributed by atoms with Gasteiger partial charge in [0.1, 0.15) is 5.39 Å². The van der Waals surface area contributed by atoms with E-state index in [1.807, 2.05) is 19.9 Å². The molecule has 0 amide bonds. The molecule has 0 spiro atoms. The fraction of sp³-hybridized carbons (Fsp3) is 0.345. The minimum atomic E-state index is -0.262. The number of anilines is 2. The zero-order valence-electron chi connectivity index (χ0n) is 23.0. The standard InChI is InChI=1S/C29H33N9O2/c1-5-13-36-28(40)23-18-30-29(32-27(23)38(36)25-8-9-26(39)37(33-25)19(2)3)31-21-6-7-24-20(17-21)10-16-35(24)22-11-14-34(4)15-12-22/h5-10,16-19,22H,1,11-15H2,2-4H3,(H,30,31,32). The molecule has 0 atom stereocenters. The zero-order chi connectivity index (χ0) is 28.0. The Morgan fingerprint density at radius 2 is 1.93 bits per heavy atom. The molecule has 0 saturated carbocycles. The molecule has 40 heavy (non-hydrogen) atoms. The summed E-state index contributed by atoms with van der Waals surface area (Å²) in [6.07, 6.45) is 7.62. The van der Waals surface area contributed by atoms with Gasteiger partial charge in [0.2, 0.25) is 5.95 Å². The molecule has 1 aliphatic rings. The van der Waals surface area contributed by atoms with Gasteiger partial charge in [-0.25, -0.2) is 19.0 Å². The van der Waals surface area contributed by atoms with Gasteiger partial charge in [0.05, 0.1) is 12.6 Å². The fourth-order valence-corrected chi connectivity index (χ4v) is 5.47. The van der Waals surface area contributed by atoms with Crippen molar-refractivity contribution in [2.75, 3.05) is 25.5 Å². The van der Waals surface area contributed by atoms with Crippen LogP contribution in [0.2, 0.25) is 0 Å². The summed E-state index contributed by atoms with van der Waals surface area (Å²) >= 11 is 0. The van der Waals surface area contributed by atoms with E-state index in [1.165, 1.54) is 27.1 Å². The molecule has 0 unspecified atom stereocenters. The number of aromatic nitrogens is 7. The highest BCUT2D eigenvalue weighted by atomic mass is 16.1. The average molecular weight is 540 g/mol. The van der Waals surface area contributed by atoms with Gasteiger partial charge in [-0.15, -0.1) is 11.7 Å². The van der Waals surface area contributed by atoms with Crippen molar-refractivity contribution in [3.05, 3.63) is 82.2 Å². The average Bonchev–Trinajstić information content (AvgIpc) is 3.48. The van der Waals surface area contributed by atoms with Crippen LogP contribution in [0.25, 0.3) is 27.8 Å². The van der Waals surface area contributed by atoms with E-state index < -0.39 is 0 Å². The van der Waals surface area contributed by atoms with Crippen LogP contribution in [0.15, 0.2) is 71.0 Å². The van der Waals surface area contributed by atoms with Crippen molar-refractivity contribution in [3.63, 3.8) is 0 Å². The van der Waals surface area contributed by atoms with E-state index in [0.29, 0.717) is 28.8 Å². The second-order valence-corrected chi connectivity index (χ2v) is 10.6. The molecule has 1 N–H and O–H groups in total. The van der Waals surface area contributed by atoms with Gasteiger partial charge >= 0.3 is 0 Å². The van der Waals surface area contributed by atoms with E-state index in [4.69, 9.17) is 4.98 Å². The van der Waals surface area contributed by atoms with Crippen LogP contribution in [-0.2, 0) is 6.54 Å². The Labute approximate surface area is 231 Å². The number of fused-ring (bicyclic) bond motifs is 2. The Bertz CT molecular complexity index is 1830. The van der Waals surface area contributed by atoms with E-state index in [0.717, 1.165) is 37.0 Å². The number of benzene rings is 1. The molecule has 5 aromatic rings. The van der Waals surface area contributed by atoms with E-state index in [2.05, 4.69) is 62.9 Å². The van der Waals surface area contributed by atoms with Gasteiger partial charge in [-0.05, 0) is 77.2 Å². The highest BCUT2D eigenvalue weighted by Gasteiger charge is 2.21. The number of rotatable bonds is 7. The van der Waals surface area contributed by atoms with E-state index in [-0.39, 0.29) is 23.7 Å². The highest BCUT2D eigenvalue weighted by molar-refractivity contribution is 5.85. The van der Waals surface area contributed by atoms with Gasteiger partial charge in [-0.2, -0.15) is 4.98 Å². The summed E-state index contributed by atoms with van der Waals surface area (Å²) < 4.78 is 6.89. The zero-order valence-corrected chi connectivity index (χ0v) is 23.0. The Hall–Kier alpha value is -4.51. The van der Waals surface area contributed by atoms with Crippen molar-refractivity contribution >= 4 is 33.6 Å².